The Kier molecular flexibility index (Phi) is 2.31. The van der Waals surface area contributed by atoms with Crippen molar-refractivity contribution in [3.05, 3.63) is 29.3 Å². The van der Waals surface area contributed by atoms with Gasteiger partial charge in [0.2, 0.25) is 0 Å². The van der Waals surface area contributed by atoms with Crippen LogP contribution in [0.25, 0.3) is 0 Å². The molecule has 0 aliphatic heterocycles. The molecule has 48 valence electrons. The largest absolute Gasteiger partial charge is 0.0843 e. The highest BCUT2D eigenvalue weighted by Crippen LogP contribution is 2.02. The van der Waals surface area contributed by atoms with Crippen LogP contribution in [0.2, 0.25) is 11.6 Å². The summed E-state index contributed by atoms with van der Waals surface area (Å²) in [5.74, 6) is 0. The first-order chi connectivity index (χ1) is 4.33. The van der Waals surface area contributed by atoms with Gasteiger partial charge in [0.05, 0.1) is 9.52 Å². The Balaban J connectivity index is 2.88. The van der Waals surface area contributed by atoms with Gasteiger partial charge in [-0.1, -0.05) is 35.5 Å². The molecule has 0 aliphatic carbocycles. The van der Waals surface area contributed by atoms with E-state index in [9.17, 15) is 0 Å². The average Bonchev–Trinajstić information content (AvgIpc) is 1.90. The molecule has 1 aromatic carbocycles. The number of rotatable bonds is 1. The summed E-state index contributed by atoms with van der Waals surface area (Å²) < 4.78 is 0. The molecule has 0 unspecified atom stereocenters. The van der Waals surface area contributed by atoms with Crippen molar-refractivity contribution in [3.8, 4) is 0 Å². The monoisotopic (exact) mass is 156 g/mol. The predicted octanol–water partition coefficient (Wildman–Crippen LogP) is 1.18. The molecule has 0 amide bonds. The molecule has 0 N–H and O–H groups in total. The fourth-order valence-electron chi connectivity index (χ4n) is 0.720. The zero-order valence-electron chi connectivity index (χ0n) is 5.39. The van der Waals surface area contributed by atoms with Crippen LogP contribution in [0.4, 0.5) is 0 Å². The van der Waals surface area contributed by atoms with Crippen LogP contribution in [0.1, 0.15) is 0 Å². The quantitative estimate of drug-likeness (QED) is 0.536. The second-order valence-corrected chi connectivity index (χ2v) is 3.94. The topological polar surface area (TPSA) is 0 Å². The van der Waals surface area contributed by atoms with E-state index in [4.69, 9.17) is 11.6 Å². The molecule has 0 aliphatic rings. The molecule has 0 heterocycles. The molecule has 0 fully saturated rings. The molecule has 0 atom stereocenters. The van der Waals surface area contributed by atoms with Gasteiger partial charge in [0.25, 0.3) is 0 Å². The zero-order valence-corrected chi connectivity index (χ0v) is 7.56. The van der Waals surface area contributed by atoms with Crippen LogP contribution in [-0.4, -0.2) is 9.52 Å². The molecule has 0 spiro atoms. The van der Waals surface area contributed by atoms with Crippen molar-refractivity contribution < 1.29 is 0 Å². The fourth-order valence-corrected chi connectivity index (χ4v) is 1.55. The number of hydrogen-bond acceptors (Lipinski definition) is 0. The highest BCUT2D eigenvalue weighted by atomic mass is 35.5. The fraction of sp³-hybridized carbons (Fsp3) is 0.143. The maximum atomic E-state index is 5.68. The van der Waals surface area contributed by atoms with Crippen LogP contribution in [0.3, 0.4) is 0 Å². The maximum absolute atomic E-state index is 5.68. The van der Waals surface area contributed by atoms with Crippen molar-refractivity contribution in [1.82, 2.24) is 0 Å². The summed E-state index contributed by atoms with van der Waals surface area (Å²) in [5, 5.41) is 2.31. The van der Waals surface area contributed by atoms with Gasteiger partial charge < -0.3 is 0 Å². The molecule has 1 aromatic rings. The van der Waals surface area contributed by atoms with Crippen molar-refractivity contribution in [2.45, 2.75) is 6.55 Å². The van der Waals surface area contributed by atoms with E-state index in [1.54, 1.807) is 0 Å². The molecular formula is C7H9ClSi. The highest BCUT2D eigenvalue weighted by Gasteiger charge is 1.86. The first-order valence-electron chi connectivity index (χ1n) is 3.07. The lowest BCUT2D eigenvalue weighted by atomic mass is 10.4. The van der Waals surface area contributed by atoms with Crippen molar-refractivity contribution in [1.29, 1.82) is 0 Å². The molecule has 0 radical (unpaired) electrons. The molecule has 0 bridgehead atoms. The molecule has 0 saturated carbocycles. The summed E-state index contributed by atoms with van der Waals surface area (Å²) in [5.41, 5.74) is 0. The van der Waals surface area contributed by atoms with E-state index in [0.717, 1.165) is 5.02 Å². The molecule has 9 heavy (non-hydrogen) atoms. The lowest BCUT2D eigenvalue weighted by Gasteiger charge is -1.92. The van der Waals surface area contributed by atoms with Gasteiger partial charge in [-0.05, 0) is 12.1 Å². The van der Waals surface area contributed by atoms with Crippen LogP contribution in [-0.2, 0) is 0 Å². The third kappa shape index (κ3) is 1.84. The van der Waals surface area contributed by atoms with Gasteiger partial charge in [-0.3, -0.25) is 0 Å². The van der Waals surface area contributed by atoms with Crippen LogP contribution < -0.4 is 5.19 Å². The minimum Gasteiger partial charge on any atom is -0.0843 e. The zero-order chi connectivity index (χ0) is 6.69. The number of halogens is 1. The van der Waals surface area contributed by atoms with Gasteiger partial charge in [0.15, 0.2) is 0 Å². The lowest BCUT2D eigenvalue weighted by Crippen LogP contribution is -2.08. The maximum Gasteiger partial charge on any atom is 0.0517 e. The van der Waals surface area contributed by atoms with Crippen LogP contribution >= 0.6 is 11.6 Å². The van der Waals surface area contributed by atoms with Crippen LogP contribution in [0.15, 0.2) is 24.3 Å². The van der Waals surface area contributed by atoms with E-state index >= 15 is 0 Å². The average molecular weight is 157 g/mol. The van der Waals surface area contributed by atoms with Gasteiger partial charge in [-0.25, -0.2) is 0 Å². The summed E-state index contributed by atoms with van der Waals surface area (Å²) in [4.78, 5) is 0. The summed E-state index contributed by atoms with van der Waals surface area (Å²) >= 11 is 5.68. The summed E-state index contributed by atoms with van der Waals surface area (Å²) in [6.07, 6.45) is 0. The highest BCUT2D eigenvalue weighted by molar-refractivity contribution is 6.52. The third-order valence-corrected chi connectivity index (χ3v) is 2.86. The van der Waals surface area contributed by atoms with Crippen molar-refractivity contribution in [3.63, 3.8) is 0 Å². The Labute approximate surface area is 62.7 Å². The minimum atomic E-state index is 0.0166. The third-order valence-electron chi connectivity index (χ3n) is 1.32. The predicted molar refractivity (Wildman–Crippen MR) is 45.5 cm³/mol. The Hall–Kier alpha value is -0.273. The van der Waals surface area contributed by atoms with Crippen molar-refractivity contribution in [2.75, 3.05) is 0 Å². The van der Waals surface area contributed by atoms with E-state index in [1.807, 2.05) is 12.1 Å². The van der Waals surface area contributed by atoms with E-state index in [-0.39, 0.29) is 9.52 Å². The van der Waals surface area contributed by atoms with Gasteiger partial charge in [0, 0.05) is 5.02 Å². The molecule has 2 heteroatoms. The lowest BCUT2D eigenvalue weighted by molar-refractivity contribution is 1.76. The minimum absolute atomic E-state index is 0.0166. The standard InChI is InChI=1S/C7H9ClSi/c1-9-7-4-2-6(8)3-5-7/h2-5H,9H2,1H3. The Bertz CT molecular complexity index is 181. The van der Waals surface area contributed by atoms with Crippen LogP contribution in [0, 0.1) is 0 Å². The Morgan fingerprint density at radius 2 is 1.78 bits per heavy atom. The van der Waals surface area contributed by atoms with Crippen LogP contribution in [0.5, 0.6) is 0 Å². The second kappa shape index (κ2) is 3.04. The smallest absolute Gasteiger partial charge is 0.0517 e. The van der Waals surface area contributed by atoms with Crippen molar-refractivity contribution in [2.24, 2.45) is 0 Å². The van der Waals surface area contributed by atoms with Gasteiger partial charge in [-0.2, -0.15) is 0 Å². The molecule has 0 saturated heterocycles. The van der Waals surface area contributed by atoms with Gasteiger partial charge in [-0.15, -0.1) is 0 Å². The van der Waals surface area contributed by atoms with E-state index in [2.05, 4.69) is 18.7 Å². The van der Waals surface area contributed by atoms with E-state index in [1.165, 1.54) is 5.19 Å². The molecule has 1 rings (SSSR count). The first kappa shape index (κ1) is 6.84. The Morgan fingerprint density at radius 1 is 1.22 bits per heavy atom. The van der Waals surface area contributed by atoms with Gasteiger partial charge >= 0.3 is 0 Å². The number of benzene rings is 1. The van der Waals surface area contributed by atoms with E-state index < -0.39 is 0 Å². The van der Waals surface area contributed by atoms with Gasteiger partial charge in [0.1, 0.15) is 0 Å². The SMILES string of the molecule is C[SiH2]c1ccc(Cl)cc1. The second-order valence-electron chi connectivity index (χ2n) is 1.98. The molecule has 0 aromatic heterocycles. The molecular weight excluding hydrogens is 148 g/mol. The number of hydrogen-bond donors (Lipinski definition) is 0. The Morgan fingerprint density at radius 3 is 2.22 bits per heavy atom. The van der Waals surface area contributed by atoms with Crippen molar-refractivity contribution >= 4 is 26.3 Å². The summed E-state index contributed by atoms with van der Waals surface area (Å²) in [6.45, 7) is 2.27. The van der Waals surface area contributed by atoms with E-state index in [0.29, 0.717) is 0 Å². The summed E-state index contributed by atoms with van der Waals surface area (Å²) in [7, 11) is 0.0166. The molecule has 0 nitrogen and oxygen atoms in total. The first-order valence-corrected chi connectivity index (χ1v) is 5.57. The summed E-state index contributed by atoms with van der Waals surface area (Å²) in [6, 6.07) is 8.11. The normalized spacial score (nSPS) is 10.9.